The summed E-state index contributed by atoms with van der Waals surface area (Å²) >= 11 is 0. The molecule has 1 amide bonds. The van der Waals surface area contributed by atoms with Crippen LogP contribution in [0.15, 0.2) is 0 Å². The van der Waals surface area contributed by atoms with Gasteiger partial charge in [0.15, 0.2) is 0 Å². The molecule has 1 aliphatic heterocycles. The van der Waals surface area contributed by atoms with E-state index in [1.165, 1.54) is 19.3 Å². The van der Waals surface area contributed by atoms with Crippen molar-refractivity contribution in [2.45, 2.75) is 70.9 Å². The van der Waals surface area contributed by atoms with Crippen molar-refractivity contribution in [1.82, 2.24) is 15.5 Å². The van der Waals surface area contributed by atoms with Gasteiger partial charge >= 0.3 is 6.09 Å². The van der Waals surface area contributed by atoms with Crippen LogP contribution in [-0.2, 0) is 4.74 Å². The third-order valence-corrected chi connectivity index (χ3v) is 3.93. The van der Waals surface area contributed by atoms with Crippen LogP contribution in [0.5, 0.6) is 0 Å². The first-order chi connectivity index (χ1) is 11.3. The summed E-state index contributed by atoms with van der Waals surface area (Å²) in [5, 5.41) is 6.02. The molecular weight excluding hydrogens is 316 g/mol. The Hall–Kier alpha value is -0.950. The number of ether oxygens (including phenoxy) is 1. The summed E-state index contributed by atoms with van der Waals surface area (Å²) in [6, 6.07) is 0.332. The first kappa shape index (κ1) is 21.1. The first-order valence-corrected chi connectivity index (χ1v) is 8.97. The van der Waals surface area contributed by atoms with E-state index in [9.17, 15) is 13.6 Å². The van der Waals surface area contributed by atoms with E-state index in [4.69, 9.17) is 4.74 Å². The second-order valence-corrected chi connectivity index (χ2v) is 7.42. The highest BCUT2D eigenvalue weighted by Crippen LogP contribution is 2.18. The number of nitrogens with zero attached hydrogens (tertiary/aromatic N) is 1. The van der Waals surface area contributed by atoms with Crippen LogP contribution in [-0.4, -0.2) is 61.8 Å². The van der Waals surface area contributed by atoms with Crippen LogP contribution in [0.4, 0.5) is 13.6 Å². The molecule has 1 aliphatic carbocycles. The van der Waals surface area contributed by atoms with Gasteiger partial charge in [-0.05, 0) is 33.6 Å². The molecule has 0 radical (unpaired) electrons. The average Bonchev–Trinajstić information content (AvgIpc) is 2.47. The highest BCUT2D eigenvalue weighted by atomic mass is 19.3. The number of amides is 1. The lowest BCUT2D eigenvalue weighted by atomic mass is 9.96. The number of nitrogens with one attached hydrogen (secondary N) is 2. The molecule has 1 heterocycles. The van der Waals surface area contributed by atoms with Gasteiger partial charge in [0.05, 0.1) is 6.54 Å². The lowest BCUT2D eigenvalue weighted by Gasteiger charge is -2.26. The number of carbonyl (C=O) groups is 1. The molecule has 2 rings (SSSR count). The number of hydrogen-bond donors (Lipinski definition) is 2. The fourth-order valence-electron chi connectivity index (χ4n) is 2.81. The van der Waals surface area contributed by atoms with Crippen molar-refractivity contribution in [2.75, 3.05) is 32.7 Å². The SMILES string of the molecule is CC(C)(C)OC(=O)NC1CCCCC1.FC(F)CN1CCNCC1. The smallest absolute Gasteiger partial charge is 0.407 e. The van der Waals surface area contributed by atoms with Crippen molar-refractivity contribution in [1.29, 1.82) is 0 Å². The molecule has 0 bridgehead atoms. The zero-order valence-electron chi connectivity index (χ0n) is 15.2. The van der Waals surface area contributed by atoms with Crippen molar-refractivity contribution in [3.8, 4) is 0 Å². The molecule has 1 saturated heterocycles. The van der Waals surface area contributed by atoms with Gasteiger partial charge in [-0.25, -0.2) is 13.6 Å². The predicted molar refractivity (Wildman–Crippen MR) is 91.6 cm³/mol. The van der Waals surface area contributed by atoms with Gasteiger partial charge in [0.1, 0.15) is 5.60 Å². The Kier molecular flexibility index (Phi) is 9.51. The van der Waals surface area contributed by atoms with Crippen molar-refractivity contribution in [2.24, 2.45) is 0 Å². The highest BCUT2D eigenvalue weighted by molar-refractivity contribution is 5.68. The van der Waals surface area contributed by atoms with Crippen LogP contribution in [0.25, 0.3) is 0 Å². The van der Waals surface area contributed by atoms with E-state index in [1.54, 1.807) is 4.90 Å². The second-order valence-electron chi connectivity index (χ2n) is 7.42. The molecule has 1 saturated carbocycles. The number of halogens is 2. The summed E-state index contributed by atoms with van der Waals surface area (Å²) in [5.41, 5.74) is -0.390. The number of alkyl carbamates (subject to hydrolysis) is 1. The van der Waals surface area contributed by atoms with Gasteiger partial charge in [0.2, 0.25) is 0 Å². The number of piperazine rings is 1. The van der Waals surface area contributed by atoms with Gasteiger partial charge in [-0.2, -0.15) is 0 Å². The van der Waals surface area contributed by atoms with Gasteiger partial charge in [-0.1, -0.05) is 19.3 Å². The van der Waals surface area contributed by atoms with Gasteiger partial charge in [0, 0.05) is 32.2 Å². The van der Waals surface area contributed by atoms with Crippen molar-refractivity contribution < 1.29 is 18.3 Å². The van der Waals surface area contributed by atoms with Crippen LogP contribution in [0, 0.1) is 0 Å². The van der Waals surface area contributed by atoms with Crippen molar-refractivity contribution in [3.63, 3.8) is 0 Å². The topological polar surface area (TPSA) is 53.6 Å². The van der Waals surface area contributed by atoms with Crippen molar-refractivity contribution in [3.05, 3.63) is 0 Å². The van der Waals surface area contributed by atoms with E-state index in [2.05, 4.69) is 10.6 Å². The van der Waals surface area contributed by atoms with E-state index < -0.39 is 12.0 Å². The third-order valence-electron chi connectivity index (χ3n) is 3.93. The van der Waals surface area contributed by atoms with Crippen LogP contribution in [0.2, 0.25) is 0 Å². The maximum Gasteiger partial charge on any atom is 0.407 e. The summed E-state index contributed by atoms with van der Waals surface area (Å²) in [6.07, 6.45) is 3.48. The highest BCUT2D eigenvalue weighted by Gasteiger charge is 2.20. The number of alkyl halides is 2. The zero-order chi connectivity index (χ0) is 18.0. The largest absolute Gasteiger partial charge is 0.444 e. The quantitative estimate of drug-likeness (QED) is 0.822. The Balaban J connectivity index is 0.000000254. The summed E-state index contributed by atoms with van der Waals surface area (Å²) < 4.78 is 28.7. The van der Waals surface area contributed by atoms with Crippen LogP contribution in [0.1, 0.15) is 52.9 Å². The van der Waals surface area contributed by atoms with E-state index in [0.717, 1.165) is 39.0 Å². The normalized spacial score (nSPS) is 20.2. The molecule has 142 valence electrons. The second kappa shape index (κ2) is 10.8. The molecule has 0 aromatic rings. The molecule has 5 nitrogen and oxygen atoms in total. The standard InChI is InChI=1S/C11H21NO2.C6H12F2N2/c1-11(2,3)14-10(13)12-9-7-5-4-6-8-9;7-6(8)5-10-3-1-9-2-4-10/h9H,4-8H2,1-3H3,(H,12,13);6,9H,1-5H2. The van der Waals surface area contributed by atoms with Crippen LogP contribution in [0.3, 0.4) is 0 Å². The fraction of sp³-hybridized carbons (Fsp3) is 0.941. The summed E-state index contributed by atoms with van der Waals surface area (Å²) in [6.45, 7) is 8.77. The molecule has 2 aliphatic rings. The zero-order valence-corrected chi connectivity index (χ0v) is 15.2. The molecule has 0 aromatic carbocycles. The average molecular weight is 349 g/mol. The molecule has 0 atom stereocenters. The molecule has 24 heavy (non-hydrogen) atoms. The minimum atomic E-state index is -2.18. The molecule has 7 heteroatoms. The number of hydrogen-bond acceptors (Lipinski definition) is 4. The Morgan fingerprint density at radius 1 is 1.21 bits per heavy atom. The monoisotopic (exact) mass is 349 g/mol. The molecule has 2 fully saturated rings. The molecular formula is C17H33F2N3O2. The molecule has 0 aromatic heterocycles. The van der Waals surface area contributed by atoms with Crippen molar-refractivity contribution >= 4 is 6.09 Å². The Labute approximate surface area is 144 Å². The summed E-state index contributed by atoms with van der Waals surface area (Å²) in [5.74, 6) is 0. The minimum Gasteiger partial charge on any atom is -0.444 e. The summed E-state index contributed by atoms with van der Waals surface area (Å²) in [4.78, 5) is 13.2. The maximum atomic E-state index is 11.8. The Bertz CT molecular complexity index is 350. The Morgan fingerprint density at radius 3 is 2.29 bits per heavy atom. The van der Waals surface area contributed by atoms with Gasteiger partial charge < -0.3 is 15.4 Å². The lowest BCUT2D eigenvalue weighted by Crippen LogP contribution is -2.45. The van der Waals surface area contributed by atoms with Gasteiger partial charge in [-0.15, -0.1) is 0 Å². The molecule has 0 unspecified atom stereocenters. The van der Waals surface area contributed by atoms with E-state index in [-0.39, 0.29) is 12.6 Å². The Morgan fingerprint density at radius 2 is 1.79 bits per heavy atom. The molecule has 2 N–H and O–H groups in total. The van der Waals surface area contributed by atoms with E-state index >= 15 is 0 Å². The summed E-state index contributed by atoms with van der Waals surface area (Å²) in [7, 11) is 0. The van der Waals surface area contributed by atoms with Crippen LogP contribution >= 0.6 is 0 Å². The molecule has 0 spiro atoms. The lowest BCUT2D eigenvalue weighted by molar-refractivity contribution is 0.0493. The maximum absolute atomic E-state index is 11.8. The van der Waals surface area contributed by atoms with Gasteiger partial charge in [0.25, 0.3) is 6.43 Å². The van der Waals surface area contributed by atoms with E-state index in [1.807, 2.05) is 20.8 Å². The number of carbonyl (C=O) groups excluding carboxylic acids is 1. The fourth-order valence-corrected chi connectivity index (χ4v) is 2.81. The van der Waals surface area contributed by atoms with Crippen LogP contribution < -0.4 is 10.6 Å². The third kappa shape index (κ3) is 10.8. The first-order valence-electron chi connectivity index (χ1n) is 8.97. The van der Waals surface area contributed by atoms with Gasteiger partial charge in [-0.3, -0.25) is 4.90 Å². The van der Waals surface area contributed by atoms with E-state index in [0.29, 0.717) is 6.04 Å². The number of rotatable bonds is 3. The predicted octanol–water partition coefficient (Wildman–Crippen LogP) is 3.00. The minimum absolute atomic E-state index is 0.0678.